The van der Waals surface area contributed by atoms with Gasteiger partial charge < -0.3 is 16.4 Å². The number of nitrogen functional groups attached to an aromatic ring is 1. The zero-order valence-electron chi connectivity index (χ0n) is 19.0. The van der Waals surface area contributed by atoms with Gasteiger partial charge in [-0.25, -0.2) is 4.98 Å². The fourth-order valence-corrected chi connectivity index (χ4v) is 3.31. The van der Waals surface area contributed by atoms with Crippen molar-refractivity contribution in [3.05, 3.63) is 75.7 Å². The molecule has 0 atom stereocenters. The number of benzene rings is 2. The number of anilines is 2. The number of hydrogen-bond donors (Lipinski definition) is 3. The number of hydrogen-bond acceptors (Lipinski definition) is 6. The third-order valence-electron chi connectivity index (χ3n) is 4.93. The number of amides is 1. The van der Waals surface area contributed by atoms with E-state index in [2.05, 4.69) is 15.6 Å². The van der Waals surface area contributed by atoms with Gasteiger partial charge in [-0.1, -0.05) is 12.1 Å². The van der Waals surface area contributed by atoms with E-state index in [1.54, 1.807) is 38.1 Å². The van der Waals surface area contributed by atoms with Gasteiger partial charge >= 0.3 is 6.18 Å². The van der Waals surface area contributed by atoms with E-state index in [9.17, 15) is 22.8 Å². The molecule has 0 radical (unpaired) electrons. The number of carbonyl (C=O) groups is 1. The van der Waals surface area contributed by atoms with Gasteiger partial charge in [0.2, 0.25) is 5.91 Å². The Morgan fingerprint density at radius 3 is 2.49 bits per heavy atom. The standard InChI is InChI=1S/C24H23F3N6O2/c1-14(2)32-22-23(35)33(13-21(34)30-11-16-5-3-15(10-28)4-6-16)20(12-31-22)17-7-18(24(25,26)27)9-19(29)8-17/h3-9,12,14H,11,13,29H2,1-2H3,(H,30,34)(H,31,32). The van der Waals surface area contributed by atoms with Crippen LogP contribution < -0.4 is 21.9 Å². The molecule has 182 valence electrons. The Bertz CT molecular complexity index is 1330. The van der Waals surface area contributed by atoms with Gasteiger partial charge in [0, 0.05) is 23.8 Å². The van der Waals surface area contributed by atoms with Crippen LogP contribution in [0.4, 0.5) is 24.7 Å². The Balaban J connectivity index is 1.96. The summed E-state index contributed by atoms with van der Waals surface area (Å²) < 4.78 is 41.1. The van der Waals surface area contributed by atoms with Crippen molar-refractivity contribution in [2.75, 3.05) is 11.1 Å². The minimum atomic E-state index is -4.65. The smallest absolute Gasteiger partial charge is 0.399 e. The van der Waals surface area contributed by atoms with E-state index in [1.807, 2.05) is 6.07 Å². The highest BCUT2D eigenvalue weighted by Crippen LogP contribution is 2.34. The highest BCUT2D eigenvalue weighted by atomic mass is 19.4. The van der Waals surface area contributed by atoms with Crippen molar-refractivity contribution in [3.63, 3.8) is 0 Å². The van der Waals surface area contributed by atoms with Crippen molar-refractivity contribution in [2.24, 2.45) is 0 Å². The normalized spacial score (nSPS) is 11.2. The molecular formula is C24H23F3N6O2. The number of aromatic nitrogens is 2. The first-order valence-electron chi connectivity index (χ1n) is 10.6. The molecule has 1 aromatic heterocycles. The van der Waals surface area contributed by atoms with Crippen molar-refractivity contribution in [1.82, 2.24) is 14.9 Å². The van der Waals surface area contributed by atoms with Crippen LogP contribution in [0.25, 0.3) is 11.3 Å². The van der Waals surface area contributed by atoms with Gasteiger partial charge in [0.05, 0.1) is 29.1 Å². The average Bonchev–Trinajstić information content (AvgIpc) is 2.79. The lowest BCUT2D eigenvalue weighted by molar-refractivity contribution is -0.137. The molecule has 0 aliphatic heterocycles. The predicted octanol–water partition coefficient (Wildman–Crippen LogP) is 3.52. The molecule has 0 bridgehead atoms. The SMILES string of the molecule is CC(C)Nc1ncc(-c2cc(N)cc(C(F)(F)F)c2)n(CC(=O)NCc2ccc(C#N)cc2)c1=O. The number of nitrogens with two attached hydrogens (primary N) is 1. The summed E-state index contributed by atoms with van der Waals surface area (Å²) in [5.41, 5.74) is 5.10. The molecule has 0 saturated carbocycles. The van der Waals surface area contributed by atoms with Crippen molar-refractivity contribution in [1.29, 1.82) is 5.26 Å². The zero-order chi connectivity index (χ0) is 25.8. The first kappa shape index (κ1) is 25.3. The molecule has 4 N–H and O–H groups in total. The van der Waals surface area contributed by atoms with E-state index in [4.69, 9.17) is 11.0 Å². The maximum absolute atomic E-state index is 13.3. The Kier molecular flexibility index (Phi) is 7.44. The third kappa shape index (κ3) is 6.38. The fourth-order valence-electron chi connectivity index (χ4n) is 3.31. The van der Waals surface area contributed by atoms with Gasteiger partial charge in [-0.05, 0) is 49.7 Å². The fraction of sp³-hybridized carbons (Fsp3) is 0.250. The number of alkyl halides is 3. The largest absolute Gasteiger partial charge is 0.416 e. The minimum absolute atomic E-state index is 0.00193. The van der Waals surface area contributed by atoms with Gasteiger partial charge in [-0.2, -0.15) is 18.4 Å². The molecule has 1 heterocycles. The summed E-state index contributed by atoms with van der Waals surface area (Å²) in [6.45, 7) is 3.25. The number of nitrogens with one attached hydrogen (secondary N) is 2. The molecule has 0 aliphatic rings. The summed E-state index contributed by atoms with van der Waals surface area (Å²) in [6.07, 6.45) is -3.42. The molecule has 0 fully saturated rings. The topological polar surface area (TPSA) is 126 Å². The van der Waals surface area contributed by atoms with E-state index in [-0.39, 0.29) is 35.3 Å². The van der Waals surface area contributed by atoms with E-state index in [1.165, 1.54) is 12.3 Å². The molecule has 3 rings (SSSR count). The first-order chi connectivity index (χ1) is 16.5. The van der Waals surface area contributed by atoms with Crippen molar-refractivity contribution >= 4 is 17.4 Å². The molecule has 0 aliphatic carbocycles. The van der Waals surface area contributed by atoms with E-state index in [0.717, 1.165) is 22.3 Å². The van der Waals surface area contributed by atoms with Crippen molar-refractivity contribution < 1.29 is 18.0 Å². The quantitative estimate of drug-likeness (QED) is 0.441. The molecule has 0 saturated heterocycles. The number of carbonyl (C=O) groups excluding carboxylic acids is 1. The molecule has 8 nitrogen and oxygen atoms in total. The second-order valence-electron chi connectivity index (χ2n) is 8.11. The monoisotopic (exact) mass is 484 g/mol. The molecule has 2 aromatic carbocycles. The second-order valence-corrected chi connectivity index (χ2v) is 8.11. The highest BCUT2D eigenvalue weighted by Gasteiger charge is 2.31. The molecule has 11 heteroatoms. The lowest BCUT2D eigenvalue weighted by Crippen LogP contribution is -2.35. The van der Waals surface area contributed by atoms with Gasteiger partial charge in [-0.15, -0.1) is 0 Å². The lowest BCUT2D eigenvalue weighted by Gasteiger charge is -2.17. The van der Waals surface area contributed by atoms with Crippen LogP contribution in [-0.2, 0) is 24.1 Å². The molecule has 0 unspecified atom stereocenters. The van der Waals surface area contributed by atoms with Crippen LogP contribution >= 0.6 is 0 Å². The number of nitrogens with zero attached hydrogens (tertiary/aromatic N) is 3. The average molecular weight is 484 g/mol. The summed E-state index contributed by atoms with van der Waals surface area (Å²) in [7, 11) is 0. The Hall–Kier alpha value is -4.33. The molecule has 3 aromatic rings. The van der Waals surface area contributed by atoms with Crippen LogP contribution in [0.3, 0.4) is 0 Å². The van der Waals surface area contributed by atoms with Crippen LogP contribution in [0.2, 0.25) is 0 Å². The van der Waals surface area contributed by atoms with Crippen LogP contribution in [0.15, 0.2) is 53.5 Å². The summed E-state index contributed by atoms with van der Waals surface area (Å²) in [4.78, 5) is 29.9. The van der Waals surface area contributed by atoms with Gasteiger partial charge in [0.1, 0.15) is 6.54 Å². The Morgan fingerprint density at radius 1 is 1.20 bits per heavy atom. The van der Waals surface area contributed by atoms with E-state index < -0.39 is 29.8 Å². The first-order valence-corrected chi connectivity index (χ1v) is 10.6. The molecule has 1 amide bonds. The molecular weight excluding hydrogens is 461 g/mol. The Labute approximate surface area is 199 Å². The maximum Gasteiger partial charge on any atom is 0.416 e. The zero-order valence-corrected chi connectivity index (χ0v) is 19.0. The van der Waals surface area contributed by atoms with Gasteiger partial charge in [-0.3, -0.25) is 14.2 Å². The summed E-state index contributed by atoms with van der Waals surface area (Å²) in [5.74, 6) is -0.581. The number of rotatable bonds is 7. The van der Waals surface area contributed by atoms with Crippen molar-refractivity contribution in [3.8, 4) is 17.3 Å². The minimum Gasteiger partial charge on any atom is -0.399 e. The van der Waals surface area contributed by atoms with Crippen molar-refractivity contribution in [2.45, 2.75) is 39.2 Å². The lowest BCUT2D eigenvalue weighted by atomic mass is 10.1. The van der Waals surface area contributed by atoms with Crippen LogP contribution in [0, 0.1) is 11.3 Å². The van der Waals surface area contributed by atoms with Crippen LogP contribution in [0.1, 0.15) is 30.5 Å². The number of halogens is 3. The van der Waals surface area contributed by atoms with Gasteiger partial charge in [0.25, 0.3) is 5.56 Å². The molecule has 35 heavy (non-hydrogen) atoms. The van der Waals surface area contributed by atoms with Crippen LogP contribution in [0.5, 0.6) is 0 Å². The van der Waals surface area contributed by atoms with Gasteiger partial charge in [0.15, 0.2) is 5.82 Å². The maximum atomic E-state index is 13.3. The number of nitriles is 1. The predicted molar refractivity (Wildman–Crippen MR) is 125 cm³/mol. The summed E-state index contributed by atoms with van der Waals surface area (Å²) in [6, 6.07) is 11.3. The highest BCUT2D eigenvalue weighted by molar-refractivity contribution is 5.77. The molecule has 0 spiro atoms. The van der Waals surface area contributed by atoms with Crippen LogP contribution in [-0.4, -0.2) is 21.5 Å². The Morgan fingerprint density at radius 2 is 1.89 bits per heavy atom. The summed E-state index contributed by atoms with van der Waals surface area (Å²) >= 11 is 0. The third-order valence-corrected chi connectivity index (χ3v) is 4.93. The van der Waals surface area contributed by atoms with E-state index >= 15 is 0 Å². The van der Waals surface area contributed by atoms with E-state index in [0.29, 0.717) is 5.56 Å². The second kappa shape index (κ2) is 10.3. The summed E-state index contributed by atoms with van der Waals surface area (Å²) in [5, 5.41) is 14.4.